The van der Waals surface area contributed by atoms with Gasteiger partial charge < -0.3 is 9.84 Å². The van der Waals surface area contributed by atoms with E-state index < -0.39 is 28.2 Å². The van der Waals surface area contributed by atoms with Gasteiger partial charge in [0.2, 0.25) is 5.91 Å². The number of carbonyl (C=O) groups is 1. The molecule has 1 saturated heterocycles. The van der Waals surface area contributed by atoms with E-state index in [1.165, 1.54) is 18.4 Å². The highest BCUT2D eigenvalue weighted by Crippen LogP contribution is 2.30. The Labute approximate surface area is 137 Å². The molecular weight excluding hydrogens is 340 g/mol. The van der Waals surface area contributed by atoms with Crippen LogP contribution in [0.2, 0.25) is 0 Å². The van der Waals surface area contributed by atoms with Crippen LogP contribution in [0, 0.1) is 6.92 Å². The smallest absolute Gasteiger partial charge is 0.280 e. The van der Waals surface area contributed by atoms with Crippen LogP contribution in [0.5, 0.6) is 0 Å². The summed E-state index contributed by atoms with van der Waals surface area (Å²) < 4.78 is 33.1. The molecule has 1 aliphatic rings. The van der Waals surface area contributed by atoms with Gasteiger partial charge in [0.25, 0.3) is 10.2 Å². The fourth-order valence-corrected chi connectivity index (χ4v) is 4.55. The fraction of sp³-hybridized carbons (Fsp3) is 0.385. The quantitative estimate of drug-likeness (QED) is 0.861. The first kappa shape index (κ1) is 16.1. The molecule has 2 N–H and O–H groups in total. The SMILES string of the molecule is Cc1cc(NC(=O)[C@@H]2C[C@@H](c3cccs3)NS(=O)(=O)N2C)no1. The van der Waals surface area contributed by atoms with E-state index in [0.29, 0.717) is 12.2 Å². The molecule has 1 fully saturated rings. The first-order valence-electron chi connectivity index (χ1n) is 6.89. The van der Waals surface area contributed by atoms with Crippen LogP contribution in [-0.2, 0) is 15.0 Å². The molecule has 0 bridgehead atoms. The molecule has 124 valence electrons. The summed E-state index contributed by atoms with van der Waals surface area (Å²) in [6.07, 6.45) is 0.332. The molecule has 2 aromatic rings. The number of aromatic nitrogens is 1. The molecule has 8 nitrogen and oxygen atoms in total. The zero-order valence-electron chi connectivity index (χ0n) is 12.5. The van der Waals surface area contributed by atoms with E-state index in [0.717, 1.165) is 9.18 Å². The summed E-state index contributed by atoms with van der Waals surface area (Å²) in [4.78, 5) is 13.3. The first-order chi connectivity index (χ1) is 10.9. The van der Waals surface area contributed by atoms with Gasteiger partial charge in [-0.05, 0) is 24.8 Å². The average molecular weight is 356 g/mol. The molecule has 10 heteroatoms. The Hall–Kier alpha value is -1.75. The van der Waals surface area contributed by atoms with E-state index in [4.69, 9.17) is 4.52 Å². The van der Waals surface area contributed by atoms with Crippen molar-refractivity contribution in [1.82, 2.24) is 14.2 Å². The Morgan fingerprint density at radius 2 is 2.35 bits per heavy atom. The largest absolute Gasteiger partial charge is 0.360 e. The number of amides is 1. The summed E-state index contributed by atoms with van der Waals surface area (Å²) in [5.74, 6) is 0.389. The van der Waals surface area contributed by atoms with Crippen LogP contribution in [0.1, 0.15) is 23.1 Å². The Balaban J connectivity index is 1.82. The summed E-state index contributed by atoms with van der Waals surface area (Å²) in [7, 11) is -2.35. The first-order valence-corrected chi connectivity index (χ1v) is 9.21. The van der Waals surface area contributed by atoms with Crippen molar-refractivity contribution in [3.05, 3.63) is 34.2 Å². The van der Waals surface area contributed by atoms with Crippen molar-refractivity contribution < 1.29 is 17.7 Å². The Bertz CT molecular complexity index is 800. The normalized spacial score (nSPS) is 24.4. The van der Waals surface area contributed by atoms with E-state index in [2.05, 4.69) is 15.2 Å². The monoisotopic (exact) mass is 356 g/mol. The van der Waals surface area contributed by atoms with Gasteiger partial charge in [0.15, 0.2) is 5.82 Å². The van der Waals surface area contributed by atoms with Crippen molar-refractivity contribution in [1.29, 1.82) is 0 Å². The van der Waals surface area contributed by atoms with Gasteiger partial charge in [0.1, 0.15) is 11.8 Å². The summed E-state index contributed by atoms with van der Waals surface area (Å²) in [5.41, 5.74) is 0. The number of aryl methyl sites for hydroxylation is 1. The lowest BCUT2D eigenvalue weighted by atomic mass is 10.1. The van der Waals surface area contributed by atoms with Crippen LogP contribution in [0.15, 0.2) is 28.1 Å². The molecule has 0 radical (unpaired) electrons. The lowest BCUT2D eigenvalue weighted by Gasteiger charge is -2.35. The highest BCUT2D eigenvalue weighted by molar-refractivity contribution is 7.87. The second-order valence-corrected chi connectivity index (χ2v) is 8.01. The third-order valence-electron chi connectivity index (χ3n) is 3.64. The number of nitrogens with one attached hydrogen (secondary N) is 2. The highest BCUT2D eigenvalue weighted by Gasteiger charge is 2.41. The second kappa shape index (κ2) is 6.04. The molecule has 3 rings (SSSR count). The zero-order valence-corrected chi connectivity index (χ0v) is 14.1. The Morgan fingerprint density at radius 1 is 1.57 bits per heavy atom. The number of hydrogen-bond donors (Lipinski definition) is 2. The lowest BCUT2D eigenvalue weighted by Crippen LogP contribution is -2.55. The molecular formula is C13H16N4O4S2. The van der Waals surface area contributed by atoms with Gasteiger partial charge in [-0.1, -0.05) is 11.2 Å². The number of anilines is 1. The average Bonchev–Trinajstić information content (AvgIpc) is 3.13. The zero-order chi connectivity index (χ0) is 16.6. The maximum absolute atomic E-state index is 12.5. The van der Waals surface area contributed by atoms with Crippen molar-refractivity contribution >= 4 is 33.3 Å². The maximum Gasteiger partial charge on any atom is 0.280 e. The molecule has 3 heterocycles. The van der Waals surface area contributed by atoms with E-state index >= 15 is 0 Å². The predicted molar refractivity (Wildman–Crippen MR) is 85.2 cm³/mol. The third-order valence-corrected chi connectivity index (χ3v) is 6.22. The van der Waals surface area contributed by atoms with Crippen LogP contribution in [0.25, 0.3) is 0 Å². The fourth-order valence-electron chi connectivity index (χ4n) is 2.42. The number of thiophene rings is 1. The molecule has 1 amide bonds. The third kappa shape index (κ3) is 3.29. The summed E-state index contributed by atoms with van der Waals surface area (Å²) in [6, 6.07) is 4.01. The maximum atomic E-state index is 12.5. The summed E-state index contributed by atoms with van der Waals surface area (Å²) >= 11 is 1.45. The van der Waals surface area contributed by atoms with Crippen LogP contribution in [0.4, 0.5) is 5.82 Å². The van der Waals surface area contributed by atoms with Gasteiger partial charge in [0.05, 0.1) is 6.04 Å². The second-order valence-electron chi connectivity index (χ2n) is 5.27. The van der Waals surface area contributed by atoms with Crippen LogP contribution >= 0.6 is 11.3 Å². The van der Waals surface area contributed by atoms with Gasteiger partial charge in [-0.15, -0.1) is 11.3 Å². The van der Waals surface area contributed by atoms with E-state index in [-0.39, 0.29) is 5.82 Å². The molecule has 0 spiro atoms. The van der Waals surface area contributed by atoms with Crippen molar-refractivity contribution in [2.75, 3.05) is 12.4 Å². The van der Waals surface area contributed by atoms with E-state index in [1.54, 1.807) is 13.0 Å². The number of carbonyl (C=O) groups excluding carboxylic acids is 1. The standard InChI is InChI=1S/C13H16N4O4S2/c1-8-6-12(15-21-8)14-13(18)10-7-9(11-4-3-5-22-11)16-23(19,20)17(10)2/h3-6,9-10,16H,7H2,1-2H3,(H,14,15,18)/t9-,10-/m0/s1. The Morgan fingerprint density at radius 3 is 2.96 bits per heavy atom. The van der Waals surface area contributed by atoms with Crippen molar-refractivity contribution in [2.45, 2.75) is 25.4 Å². The highest BCUT2D eigenvalue weighted by atomic mass is 32.2. The van der Waals surface area contributed by atoms with E-state index in [1.807, 2.05) is 17.5 Å². The molecule has 0 saturated carbocycles. The van der Waals surface area contributed by atoms with Crippen LogP contribution < -0.4 is 10.0 Å². The lowest BCUT2D eigenvalue weighted by molar-refractivity contribution is -0.120. The van der Waals surface area contributed by atoms with Gasteiger partial charge in [-0.25, -0.2) is 0 Å². The number of likely N-dealkylation sites (N-methyl/N-ethyl adjacent to an activating group) is 1. The molecule has 0 aliphatic carbocycles. The van der Waals surface area contributed by atoms with Gasteiger partial charge in [0, 0.05) is 18.0 Å². The topological polar surface area (TPSA) is 105 Å². The van der Waals surface area contributed by atoms with Crippen molar-refractivity contribution in [3.8, 4) is 0 Å². The van der Waals surface area contributed by atoms with Gasteiger partial charge >= 0.3 is 0 Å². The number of nitrogens with zero attached hydrogens (tertiary/aromatic N) is 2. The Kier molecular flexibility index (Phi) is 4.23. The van der Waals surface area contributed by atoms with E-state index in [9.17, 15) is 13.2 Å². The number of rotatable bonds is 3. The van der Waals surface area contributed by atoms with Crippen LogP contribution in [0.3, 0.4) is 0 Å². The summed E-state index contributed by atoms with van der Waals surface area (Å²) in [5, 5.41) is 8.15. The van der Waals surface area contributed by atoms with Crippen LogP contribution in [-0.4, -0.2) is 36.9 Å². The minimum absolute atomic E-state index is 0.268. The molecule has 23 heavy (non-hydrogen) atoms. The molecule has 0 aromatic carbocycles. The number of hydrogen-bond acceptors (Lipinski definition) is 6. The molecule has 2 atom stereocenters. The molecule has 2 aromatic heterocycles. The van der Waals surface area contributed by atoms with Crippen molar-refractivity contribution in [3.63, 3.8) is 0 Å². The minimum Gasteiger partial charge on any atom is -0.360 e. The molecule has 0 unspecified atom stereocenters. The van der Waals surface area contributed by atoms with Gasteiger partial charge in [-0.3, -0.25) is 4.79 Å². The van der Waals surface area contributed by atoms with Gasteiger partial charge in [-0.2, -0.15) is 17.4 Å². The predicted octanol–water partition coefficient (Wildman–Crippen LogP) is 1.26. The molecule has 1 aliphatic heterocycles. The summed E-state index contributed by atoms with van der Waals surface area (Å²) in [6.45, 7) is 1.70. The van der Waals surface area contributed by atoms with Crippen molar-refractivity contribution in [2.24, 2.45) is 0 Å². The minimum atomic E-state index is -3.73.